The fourth-order valence-corrected chi connectivity index (χ4v) is 0.533. The van der Waals surface area contributed by atoms with E-state index in [9.17, 15) is 4.79 Å². The quantitative estimate of drug-likeness (QED) is 0.468. The fourth-order valence-electron chi connectivity index (χ4n) is 0.533. The molecule has 0 aliphatic rings. The van der Waals surface area contributed by atoms with Crippen LogP contribution in [0.1, 0.15) is 5.82 Å². The molecule has 1 N–H and O–H groups in total. The molecule has 0 aromatic carbocycles. The Morgan fingerprint density at radius 1 is 1.73 bits per heavy atom. The van der Waals surface area contributed by atoms with E-state index in [1.54, 1.807) is 7.05 Å². The summed E-state index contributed by atoms with van der Waals surface area (Å²) in [5.74, 6) is -0.578. The van der Waals surface area contributed by atoms with Crippen molar-refractivity contribution in [1.29, 1.82) is 0 Å². The molecule has 0 aliphatic carbocycles. The van der Waals surface area contributed by atoms with E-state index in [0.717, 1.165) is 0 Å². The van der Waals surface area contributed by atoms with Crippen LogP contribution in [-0.2, 0) is 18.3 Å². The maximum absolute atomic E-state index is 10.1. The molecule has 6 nitrogen and oxygen atoms in total. The van der Waals surface area contributed by atoms with Crippen LogP contribution in [-0.4, -0.2) is 31.3 Å². The second-order valence-electron chi connectivity index (χ2n) is 1.79. The molecular formula is C4H6KN4O2+. The number of aryl methyl sites for hydroxylation is 1. The van der Waals surface area contributed by atoms with Crippen molar-refractivity contribution in [2.45, 2.75) is 6.42 Å². The molecule has 7 heteroatoms. The van der Waals surface area contributed by atoms with Gasteiger partial charge in [-0.05, 0) is 10.4 Å². The van der Waals surface area contributed by atoms with Crippen LogP contribution in [0.25, 0.3) is 0 Å². The molecule has 0 amide bonds. The standard InChI is InChI=1S/C4H6N4O2.K/c1-8-3(2-4(9)10)5-6-7-8;/h2H2,1H3,(H,9,10);/q;+1. The van der Waals surface area contributed by atoms with Crippen molar-refractivity contribution in [3.8, 4) is 0 Å². The summed E-state index contributed by atoms with van der Waals surface area (Å²) in [5.41, 5.74) is 0. The van der Waals surface area contributed by atoms with Gasteiger partial charge in [0, 0.05) is 7.05 Å². The van der Waals surface area contributed by atoms with Crippen LogP contribution in [0.15, 0.2) is 0 Å². The Labute approximate surface area is 105 Å². The van der Waals surface area contributed by atoms with E-state index < -0.39 is 5.97 Å². The monoisotopic (exact) mass is 181 g/mol. The van der Waals surface area contributed by atoms with Crippen molar-refractivity contribution < 1.29 is 61.3 Å². The zero-order valence-corrected chi connectivity index (χ0v) is 9.47. The van der Waals surface area contributed by atoms with Crippen molar-refractivity contribution in [1.82, 2.24) is 20.2 Å². The molecule has 1 rings (SSSR count). The van der Waals surface area contributed by atoms with Crippen molar-refractivity contribution in [2.24, 2.45) is 7.05 Å². The van der Waals surface area contributed by atoms with Gasteiger partial charge < -0.3 is 5.11 Å². The normalized spacial score (nSPS) is 8.82. The molecule has 0 radical (unpaired) electrons. The van der Waals surface area contributed by atoms with Gasteiger partial charge in [0.2, 0.25) is 0 Å². The Morgan fingerprint density at radius 2 is 2.36 bits per heavy atom. The number of hydrogen-bond acceptors (Lipinski definition) is 4. The summed E-state index contributed by atoms with van der Waals surface area (Å²) >= 11 is 0. The van der Waals surface area contributed by atoms with Gasteiger partial charge in [0.1, 0.15) is 6.42 Å². The van der Waals surface area contributed by atoms with E-state index in [4.69, 9.17) is 5.11 Å². The molecule has 0 bridgehead atoms. The first-order chi connectivity index (χ1) is 4.70. The maximum atomic E-state index is 10.1. The number of carboxylic acid groups (broad SMARTS) is 1. The Kier molecular flexibility index (Phi) is 5.01. The first kappa shape index (κ1) is 11.2. The minimum atomic E-state index is -0.932. The Bertz CT molecular complexity index is 248. The number of aliphatic carboxylic acids is 1. The Morgan fingerprint density at radius 3 is 2.73 bits per heavy atom. The minimum Gasteiger partial charge on any atom is -0.481 e. The van der Waals surface area contributed by atoms with Crippen LogP contribution in [0.5, 0.6) is 0 Å². The number of carbonyl (C=O) groups is 1. The van der Waals surface area contributed by atoms with Crippen molar-refractivity contribution in [3.05, 3.63) is 5.82 Å². The average Bonchev–Trinajstić information content (AvgIpc) is 2.15. The summed E-state index contributed by atoms with van der Waals surface area (Å²) in [7, 11) is 1.60. The smallest absolute Gasteiger partial charge is 0.481 e. The van der Waals surface area contributed by atoms with Crippen LogP contribution in [0.4, 0.5) is 0 Å². The molecular weight excluding hydrogens is 175 g/mol. The van der Waals surface area contributed by atoms with E-state index in [1.165, 1.54) is 4.68 Å². The predicted octanol–water partition coefficient (Wildman–Crippen LogP) is -4.16. The second-order valence-corrected chi connectivity index (χ2v) is 1.79. The zero-order chi connectivity index (χ0) is 7.56. The number of rotatable bonds is 2. The first-order valence-electron chi connectivity index (χ1n) is 2.63. The third-order valence-electron chi connectivity index (χ3n) is 1.02. The summed E-state index contributed by atoms with van der Waals surface area (Å²) in [4.78, 5) is 10.1. The van der Waals surface area contributed by atoms with E-state index in [2.05, 4.69) is 15.5 Å². The van der Waals surface area contributed by atoms with Gasteiger partial charge in [-0.1, -0.05) is 0 Å². The topological polar surface area (TPSA) is 80.9 Å². The summed E-state index contributed by atoms with van der Waals surface area (Å²) in [6, 6.07) is 0. The molecule has 0 spiro atoms. The van der Waals surface area contributed by atoms with Crippen molar-refractivity contribution in [2.75, 3.05) is 0 Å². The van der Waals surface area contributed by atoms with Crippen LogP contribution in [0.3, 0.4) is 0 Å². The number of nitrogens with zero attached hydrogens (tertiary/aromatic N) is 4. The zero-order valence-electron chi connectivity index (χ0n) is 6.35. The summed E-state index contributed by atoms with van der Waals surface area (Å²) in [6.45, 7) is 0. The molecule has 11 heavy (non-hydrogen) atoms. The second kappa shape index (κ2) is 4.94. The molecule has 1 aromatic rings. The molecule has 1 aromatic heterocycles. The number of aromatic nitrogens is 4. The van der Waals surface area contributed by atoms with Crippen LogP contribution in [0, 0.1) is 0 Å². The molecule has 0 atom stereocenters. The van der Waals surface area contributed by atoms with Gasteiger partial charge in [-0.15, -0.1) is 5.10 Å². The molecule has 0 saturated heterocycles. The van der Waals surface area contributed by atoms with Gasteiger partial charge in [-0.2, -0.15) is 0 Å². The molecule has 1 heterocycles. The fraction of sp³-hybridized carbons (Fsp3) is 0.500. The van der Waals surface area contributed by atoms with Crippen LogP contribution >= 0.6 is 0 Å². The number of carboxylic acids is 1. The van der Waals surface area contributed by atoms with Gasteiger partial charge in [0.05, 0.1) is 0 Å². The minimum absolute atomic E-state index is 0. The summed E-state index contributed by atoms with van der Waals surface area (Å²) in [5, 5.41) is 18.5. The Hall–Kier alpha value is 0.176. The Balaban J connectivity index is 0.000001000. The van der Waals surface area contributed by atoms with Gasteiger partial charge >= 0.3 is 57.4 Å². The summed E-state index contributed by atoms with van der Waals surface area (Å²) in [6.07, 6.45) is -0.135. The molecule has 54 valence electrons. The van der Waals surface area contributed by atoms with Crippen LogP contribution < -0.4 is 51.4 Å². The van der Waals surface area contributed by atoms with Gasteiger partial charge in [0.25, 0.3) is 0 Å². The number of tetrazole rings is 1. The summed E-state index contributed by atoms with van der Waals surface area (Å²) < 4.78 is 1.33. The van der Waals surface area contributed by atoms with Crippen LogP contribution in [0.2, 0.25) is 0 Å². The molecule has 0 aliphatic heterocycles. The van der Waals surface area contributed by atoms with Crippen molar-refractivity contribution >= 4 is 5.97 Å². The molecule has 0 unspecified atom stereocenters. The average molecular weight is 181 g/mol. The first-order valence-corrected chi connectivity index (χ1v) is 2.63. The van der Waals surface area contributed by atoms with E-state index in [-0.39, 0.29) is 57.8 Å². The largest absolute Gasteiger partial charge is 1.00 e. The van der Waals surface area contributed by atoms with Gasteiger partial charge in [-0.3, -0.25) is 4.79 Å². The maximum Gasteiger partial charge on any atom is 1.00 e. The van der Waals surface area contributed by atoms with Gasteiger partial charge in [-0.25, -0.2) is 4.68 Å². The van der Waals surface area contributed by atoms with E-state index >= 15 is 0 Å². The van der Waals surface area contributed by atoms with Gasteiger partial charge in [0.15, 0.2) is 5.82 Å². The third-order valence-corrected chi connectivity index (χ3v) is 1.02. The van der Waals surface area contributed by atoms with Crippen molar-refractivity contribution in [3.63, 3.8) is 0 Å². The van der Waals surface area contributed by atoms with E-state index in [1.807, 2.05) is 0 Å². The van der Waals surface area contributed by atoms with E-state index in [0.29, 0.717) is 5.82 Å². The number of hydrogen-bond donors (Lipinski definition) is 1. The SMILES string of the molecule is Cn1nnnc1CC(=O)O.[K+]. The third kappa shape index (κ3) is 3.39. The predicted molar refractivity (Wildman–Crippen MR) is 30.1 cm³/mol. The molecule has 0 saturated carbocycles. The molecule has 0 fully saturated rings.